The van der Waals surface area contributed by atoms with E-state index in [2.05, 4.69) is 10.1 Å². The van der Waals surface area contributed by atoms with Gasteiger partial charge in [-0.15, -0.1) is 0 Å². The van der Waals surface area contributed by atoms with Crippen LogP contribution in [0, 0.1) is 0 Å². The van der Waals surface area contributed by atoms with E-state index in [1.807, 2.05) is 6.92 Å². The van der Waals surface area contributed by atoms with E-state index in [-0.39, 0.29) is 18.4 Å². The van der Waals surface area contributed by atoms with E-state index in [1.54, 1.807) is 0 Å². The van der Waals surface area contributed by atoms with Gasteiger partial charge in [0.1, 0.15) is 16.4 Å². The maximum Gasteiger partial charge on any atom is 0.411 e. The average Bonchev–Trinajstić information content (AvgIpc) is 2.21. The average molecular weight is 305 g/mol. The van der Waals surface area contributed by atoms with Gasteiger partial charge in [-0.25, -0.2) is 8.42 Å². The molecule has 0 bridgehead atoms. The van der Waals surface area contributed by atoms with Gasteiger partial charge in [0, 0.05) is 24.7 Å². The van der Waals surface area contributed by atoms with Crippen molar-refractivity contribution >= 4 is 9.84 Å². The molecule has 0 radical (unpaired) electrons. The van der Waals surface area contributed by atoms with Crippen molar-refractivity contribution in [2.24, 2.45) is 0 Å². The van der Waals surface area contributed by atoms with Crippen LogP contribution in [-0.4, -0.2) is 52.4 Å². The molecule has 0 amide bonds. The van der Waals surface area contributed by atoms with Gasteiger partial charge in [0.15, 0.2) is 0 Å². The van der Waals surface area contributed by atoms with Gasteiger partial charge < -0.3 is 10.1 Å². The minimum absolute atomic E-state index is 0.00997. The zero-order chi connectivity index (χ0) is 14.9. The third-order valence-corrected chi connectivity index (χ3v) is 3.47. The Bertz CT molecular complexity index is 331. The second-order valence-corrected chi connectivity index (χ2v) is 6.74. The highest BCUT2D eigenvalue weighted by atomic mass is 32.2. The molecule has 0 saturated carbocycles. The summed E-state index contributed by atoms with van der Waals surface area (Å²) in [5.74, 6) is 0.0955. The van der Waals surface area contributed by atoms with E-state index in [0.29, 0.717) is 25.8 Å². The van der Waals surface area contributed by atoms with E-state index in [0.717, 1.165) is 0 Å². The molecule has 0 aromatic heterocycles. The number of hydrogen-bond donors (Lipinski definition) is 1. The summed E-state index contributed by atoms with van der Waals surface area (Å²) in [6.45, 7) is 1.34. The molecule has 19 heavy (non-hydrogen) atoms. The van der Waals surface area contributed by atoms with E-state index >= 15 is 0 Å². The minimum Gasteiger partial charge on any atom is -0.372 e. The van der Waals surface area contributed by atoms with Gasteiger partial charge >= 0.3 is 6.18 Å². The molecule has 116 valence electrons. The molecule has 1 unspecified atom stereocenters. The van der Waals surface area contributed by atoms with E-state index in [1.165, 1.54) is 6.26 Å². The highest BCUT2D eigenvalue weighted by Gasteiger charge is 2.27. The summed E-state index contributed by atoms with van der Waals surface area (Å²) < 4.78 is 62.0. The minimum atomic E-state index is -4.30. The van der Waals surface area contributed by atoms with Crippen molar-refractivity contribution in [3.8, 4) is 0 Å². The third-order valence-electron chi connectivity index (χ3n) is 2.44. The normalized spacial score (nSPS) is 14.6. The summed E-state index contributed by atoms with van der Waals surface area (Å²) in [5.41, 5.74) is 0. The van der Waals surface area contributed by atoms with Crippen LogP contribution in [0.25, 0.3) is 0 Å². The Hall–Kier alpha value is -0.340. The molecule has 0 saturated heterocycles. The van der Waals surface area contributed by atoms with Gasteiger partial charge in [-0.1, -0.05) is 6.92 Å². The van der Waals surface area contributed by atoms with Gasteiger partial charge in [0.2, 0.25) is 0 Å². The SMILES string of the molecule is CCNC(CCCS(C)(=O)=O)CCOCC(F)(F)F. The number of rotatable bonds is 10. The number of sulfone groups is 1. The van der Waals surface area contributed by atoms with E-state index in [4.69, 9.17) is 0 Å². The predicted molar refractivity (Wildman–Crippen MR) is 67.9 cm³/mol. The molecule has 0 fully saturated rings. The van der Waals surface area contributed by atoms with Crippen LogP contribution in [0.4, 0.5) is 13.2 Å². The van der Waals surface area contributed by atoms with Crippen molar-refractivity contribution in [3.63, 3.8) is 0 Å². The Labute approximate surface area is 112 Å². The summed E-state index contributed by atoms with van der Waals surface area (Å²) in [4.78, 5) is 0. The molecule has 0 aliphatic rings. The van der Waals surface area contributed by atoms with Gasteiger partial charge in [0.25, 0.3) is 0 Å². The Morgan fingerprint density at radius 2 is 1.89 bits per heavy atom. The first-order valence-corrected chi connectivity index (χ1v) is 8.25. The zero-order valence-electron chi connectivity index (χ0n) is 11.3. The smallest absolute Gasteiger partial charge is 0.372 e. The Morgan fingerprint density at radius 3 is 2.37 bits per heavy atom. The van der Waals surface area contributed by atoms with Crippen molar-refractivity contribution in [2.45, 2.75) is 38.4 Å². The van der Waals surface area contributed by atoms with E-state index in [9.17, 15) is 21.6 Å². The zero-order valence-corrected chi connectivity index (χ0v) is 12.1. The third kappa shape index (κ3) is 13.9. The van der Waals surface area contributed by atoms with Crippen LogP contribution in [0.15, 0.2) is 0 Å². The summed E-state index contributed by atoms with van der Waals surface area (Å²) in [5, 5.41) is 3.11. The van der Waals surface area contributed by atoms with Crippen LogP contribution in [0.5, 0.6) is 0 Å². The van der Waals surface area contributed by atoms with Gasteiger partial charge in [-0.05, 0) is 25.8 Å². The lowest BCUT2D eigenvalue weighted by molar-refractivity contribution is -0.174. The molecule has 0 heterocycles. The fourth-order valence-corrected chi connectivity index (χ4v) is 2.33. The number of halogens is 3. The molecule has 0 aliphatic carbocycles. The highest BCUT2D eigenvalue weighted by molar-refractivity contribution is 7.90. The van der Waals surface area contributed by atoms with Gasteiger partial charge in [-0.3, -0.25) is 0 Å². The van der Waals surface area contributed by atoms with Gasteiger partial charge in [0.05, 0.1) is 0 Å². The second-order valence-electron chi connectivity index (χ2n) is 4.48. The lowest BCUT2D eigenvalue weighted by Crippen LogP contribution is -2.31. The number of nitrogens with one attached hydrogen (secondary N) is 1. The number of ether oxygens (including phenoxy) is 1. The quantitative estimate of drug-likeness (QED) is 0.625. The second kappa shape index (κ2) is 8.76. The van der Waals surface area contributed by atoms with E-state index < -0.39 is 22.6 Å². The first kappa shape index (κ1) is 18.7. The van der Waals surface area contributed by atoms with Crippen molar-refractivity contribution in [2.75, 3.05) is 31.8 Å². The largest absolute Gasteiger partial charge is 0.411 e. The lowest BCUT2D eigenvalue weighted by atomic mass is 10.1. The maximum absolute atomic E-state index is 11.9. The van der Waals surface area contributed by atoms with Crippen LogP contribution in [0.3, 0.4) is 0 Å². The van der Waals surface area contributed by atoms with Crippen molar-refractivity contribution in [1.29, 1.82) is 0 Å². The molecule has 4 nitrogen and oxygen atoms in total. The number of alkyl halides is 3. The van der Waals surface area contributed by atoms with Crippen LogP contribution in [-0.2, 0) is 14.6 Å². The molecule has 0 aromatic rings. The topological polar surface area (TPSA) is 55.4 Å². The first-order valence-electron chi connectivity index (χ1n) is 6.19. The maximum atomic E-state index is 11.9. The van der Waals surface area contributed by atoms with Crippen molar-refractivity contribution < 1.29 is 26.3 Å². The Balaban J connectivity index is 3.86. The number of hydrogen-bond acceptors (Lipinski definition) is 4. The first-order chi connectivity index (χ1) is 8.64. The van der Waals surface area contributed by atoms with Gasteiger partial charge in [-0.2, -0.15) is 13.2 Å². The summed E-state index contributed by atoms with van der Waals surface area (Å²) in [7, 11) is -2.99. The van der Waals surface area contributed by atoms with Crippen LogP contribution >= 0.6 is 0 Å². The van der Waals surface area contributed by atoms with Crippen LogP contribution in [0.1, 0.15) is 26.2 Å². The monoisotopic (exact) mass is 305 g/mol. The molecule has 8 heteroatoms. The highest BCUT2D eigenvalue weighted by Crippen LogP contribution is 2.14. The lowest BCUT2D eigenvalue weighted by Gasteiger charge is -2.18. The summed E-state index contributed by atoms with van der Waals surface area (Å²) >= 11 is 0. The molecular formula is C11H22F3NO3S. The molecule has 1 atom stereocenters. The molecular weight excluding hydrogens is 283 g/mol. The van der Waals surface area contributed by atoms with Crippen molar-refractivity contribution in [1.82, 2.24) is 5.32 Å². The molecule has 0 aromatic carbocycles. The Morgan fingerprint density at radius 1 is 1.26 bits per heavy atom. The Kier molecular flexibility index (Phi) is 8.60. The van der Waals surface area contributed by atoms with Crippen LogP contribution < -0.4 is 5.32 Å². The molecule has 1 N–H and O–H groups in total. The standard InChI is InChI=1S/C11H22F3NO3S/c1-3-15-10(5-4-8-19(2,16)17)6-7-18-9-11(12,13)14/h10,15H,3-9H2,1-2H3. The molecule has 0 aliphatic heterocycles. The summed E-state index contributed by atoms with van der Waals surface area (Å²) in [6, 6.07) is -0.0139. The summed E-state index contributed by atoms with van der Waals surface area (Å²) in [6.07, 6.45) is -1.59. The molecule has 0 rings (SSSR count). The molecule has 0 spiro atoms. The fourth-order valence-electron chi connectivity index (χ4n) is 1.64. The fraction of sp³-hybridized carbons (Fsp3) is 1.00. The van der Waals surface area contributed by atoms with Crippen molar-refractivity contribution in [3.05, 3.63) is 0 Å². The predicted octanol–water partition coefficient (Wildman–Crippen LogP) is 1.76. The van der Waals surface area contributed by atoms with Crippen LogP contribution in [0.2, 0.25) is 0 Å².